The standard InChI is InChI=1S/C12H17NO3/c1-9(15)6-7-13-12(16)11-4-2-10(8-14)3-5-11/h2-5,9,14-15H,6-8H2,1H3,(H,13,16). The van der Waals surface area contributed by atoms with Crippen molar-refractivity contribution in [3.05, 3.63) is 35.4 Å². The zero-order valence-electron chi connectivity index (χ0n) is 9.31. The third-order valence-corrected chi connectivity index (χ3v) is 2.25. The molecular formula is C12H17NO3. The van der Waals surface area contributed by atoms with Crippen molar-refractivity contribution in [2.24, 2.45) is 0 Å². The minimum atomic E-state index is -0.405. The maximum Gasteiger partial charge on any atom is 0.251 e. The average molecular weight is 223 g/mol. The van der Waals surface area contributed by atoms with E-state index in [-0.39, 0.29) is 12.5 Å². The minimum absolute atomic E-state index is 0.0239. The van der Waals surface area contributed by atoms with Crippen molar-refractivity contribution in [2.75, 3.05) is 6.54 Å². The van der Waals surface area contributed by atoms with E-state index in [1.807, 2.05) is 0 Å². The van der Waals surface area contributed by atoms with Crippen molar-refractivity contribution in [3.8, 4) is 0 Å². The molecule has 0 fully saturated rings. The third kappa shape index (κ3) is 4.00. The molecule has 1 aromatic carbocycles. The number of aliphatic hydroxyl groups excluding tert-OH is 2. The van der Waals surface area contributed by atoms with Crippen LogP contribution in [0.15, 0.2) is 24.3 Å². The van der Waals surface area contributed by atoms with Crippen molar-refractivity contribution < 1.29 is 15.0 Å². The van der Waals surface area contributed by atoms with Crippen LogP contribution in [0.25, 0.3) is 0 Å². The van der Waals surface area contributed by atoms with E-state index >= 15 is 0 Å². The quantitative estimate of drug-likeness (QED) is 0.687. The van der Waals surface area contributed by atoms with Crippen molar-refractivity contribution in [2.45, 2.75) is 26.1 Å². The molecule has 16 heavy (non-hydrogen) atoms. The molecule has 0 aliphatic heterocycles. The lowest BCUT2D eigenvalue weighted by Crippen LogP contribution is -2.26. The van der Waals surface area contributed by atoms with E-state index < -0.39 is 6.10 Å². The second kappa shape index (κ2) is 6.25. The summed E-state index contributed by atoms with van der Waals surface area (Å²) >= 11 is 0. The van der Waals surface area contributed by atoms with Gasteiger partial charge in [-0.15, -0.1) is 0 Å². The predicted octanol–water partition coefficient (Wildman–Crippen LogP) is 0.680. The summed E-state index contributed by atoms with van der Waals surface area (Å²) in [6.45, 7) is 2.12. The molecule has 4 nitrogen and oxygen atoms in total. The van der Waals surface area contributed by atoms with Crippen LogP contribution in [0, 0.1) is 0 Å². The van der Waals surface area contributed by atoms with Crippen molar-refractivity contribution >= 4 is 5.91 Å². The molecule has 0 saturated heterocycles. The van der Waals surface area contributed by atoms with Crippen LogP contribution in [-0.2, 0) is 6.61 Å². The molecule has 0 aromatic heterocycles. The molecule has 0 aliphatic carbocycles. The van der Waals surface area contributed by atoms with Gasteiger partial charge in [0.05, 0.1) is 12.7 Å². The fraction of sp³-hybridized carbons (Fsp3) is 0.417. The molecule has 1 amide bonds. The first-order valence-corrected chi connectivity index (χ1v) is 5.29. The Kier molecular flexibility index (Phi) is 4.95. The molecule has 1 unspecified atom stereocenters. The highest BCUT2D eigenvalue weighted by Crippen LogP contribution is 2.04. The Hall–Kier alpha value is -1.39. The number of carbonyl (C=O) groups is 1. The van der Waals surface area contributed by atoms with E-state index in [4.69, 9.17) is 10.2 Å². The number of nitrogens with one attached hydrogen (secondary N) is 1. The van der Waals surface area contributed by atoms with Crippen LogP contribution < -0.4 is 5.32 Å². The Balaban J connectivity index is 2.46. The van der Waals surface area contributed by atoms with E-state index in [0.29, 0.717) is 18.5 Å². The summed E-state index contributed by atoms with van der Waals surface area (Å²) in [6.07, 6.45) is 0.137. The summed E-state index contributed by atoms with van der Waals surface area (Å²) in [4.78, 5) is 11.6. The van der Waals surface area contributed by atoms with Gasteiger partial charge in [0, 0.05) is 12.1 Å². The molecule has 4 heteroatoms. The average Bonchev–Trinajstić information content (AvgIpc) is 2.28. The summed E-state index contributed by atoms with van der Waals surface area (Å²) in [5.74, 6) is -0.162. The molecule has 0 heterocycles. The number of aliphatic hydroxyl groups is 2. The van der Waals surface area contributed by atoms with Gasteiger partial charge in [0.25, 0.3) is 5.91 Å². The smallest absolute Gasteiger partial charge is 0.251 e. The van der Waals surface area contributed by atoms with Crippen LogP contribution >= 0.6 is 0 Å². The van der Waals surface area contributed by atoms with Gasteiger partial charge in [0.1, 0.15) is 0 Å². The zero-order chi connectivity index (χ0) is 12.0. The summed E-state index contributed by atoms with van der Waals surface area (Å²) in [5.41, 5.74) is 1.34. The van der Waals surface area contributed by atoms with Crippen LogP contribution in [0.2, 0.25) is 0 Å². The van der Waals surface area contributed by atoms with Gasteiger partial charge in [-0.25, -0.2) is 0 Å². The van der Waals surface area contributed by atoms with Crippen LogP contribution in [0.3, 0.4) is 0 Å². The van der Waals surface area contributed by atoms with Gasteiger partial charge in [0.15, 0.2) is 0 Å². The molecule has 0 aliphatic rings. The predicted molar refractivity (Wildman–Crippen MR) is 61.0 cm³/mol. The largest absolute Gasteiger partial charge is 0.393 e. The first-order valence-electron chi connectivity index (χ1n) is 5.29. The van der Waals surface area contributed by atoms with Crippen LogP contribution in [0.1, 0.15) is 29.3 Å². The Bertz CT molecular complexity index is 333. The third-order valence-electron chi connectivity index (χ3n) is 2.25. The molecule has 88 valence electrons. The Morgan fingerprint density at radius 3 is 2.50 bits per heavy atom. The topological polar surface area (TPSA) is 69.6 Å². The van der Waals surface area contributed by atoms with Gasteiger partial charge in [-0.2, -0.15) is 0 Å². The highest BCUT2D eigenvalue weighted by Gasteiger charge is 2.04. The number of amides is 1. The number of hydrogen-bond acceptors (Lipinski definition) is 3. The van der Waals surface area contributed by atoms with Crippen LogP contribution in [0.4, 0.5) is 0 Å². The Morgan fingerprint density at radius 2 is 2.00 bits per heavy atom. The highest BCUT2D eigenvalue weighted by atomic mass is 16.3. The Morgan fingerprint density at radius 1 is 1.38 bits per heavy atom. The minimum Gasteiger partial charge on any atom is -0.393 e. The second-order valence-corrected chi connectivity index (χ2v) is 3.75. The van der Waals surface area contributed by atoms with Gasteiger partial charge >= 0.3 is 0 Å². The number of hydrogen-bond donors (Lipinski definition) is 3. The van der Waals surface area contributed by atoms with Crippen LogP contribution in [-0.4, -0.2) is 28.8 Å². The highest BCUT2D eigenvalue weighted by molar-refractivity contribution is 5.94. The normalized spacial score (nSPS) is 12.2. The van der Waals surface area contributed by atoms with Crippen molar-refractivity contribution in [1.82, 2.24) is 5.32 Å². The molecule has 0 radical (unpaired) electrons. The summed E-state index contributed by atoms with van der Waals surface area (Å²) in [5, 5.41) is 20.6. The fourth-order valence-corrected chi connectivity index (χ4v) is 1.26. The van der Waals surface area contributed by atoms with Crippen LogP contribution in [0.5, 0.6) is 0 Å². The van der Waals surface area contributed by atoms with Crippen molar-refractivity contribution in [1.29, 1.82) is 0 Å². The molecule has 0 spiro atoms. The zero-order valence-corrected chi connectivity index (χ0v) is 9.31. The fourth-order valence-electron chi connectivity index (χ4n) is 1.26. The van der Waals surface area contributed by atoms with E-state index in [9.17, 15) is 4.79 Å². The van der Waals surface area contributed by atoms with Gasteiger partial charge in [-0.05, 0) is 31.0 Å². The first kappa shape index (κ1) is 12.7. The lowest BCUT2D eigenvalue weighted by Gasteiger charge is -2.07. The maximum atomic E-state index is 11.6. The molecule has 0 saturated carbocycles. The maximum absolute atomic E-state index is 11.6. The van der Waals surface area contributed by atoms with E-state index in [2.05, 4.69) is 5.32 Å². The lowest BCUT2D eigenvalue weighted by atomic mass is 10.1. The van der Waals surface area contributed by atoms with E-state index in [0.717, 1.165) is 5.56 Å². The lowest BCUT2D eigenvalue weighted by molar-refractivity contribution is 0.0945. The summed E-state index contributed by atoms with van der Waals surface area (Å²) in [7, 11) is 0. The molecular weight excluding hydrogens is 206 g/mol. The van der Waals surface area contributed by atoms with E-state index in [1.165, 1.54) is 0 Å². The SMILES string of the molecule is CC(O)CCNC(=O)c1ccc(CO)cc1. The Labute approximate surface area is 94.9 Å². The van der Waals surface area contributed by atoms with Gasteiger partial charge in [-0.1, -0.05) is 12.1 Å². The molecule has 1 rings (SSSR count). The summed E-state index contributed by atoms with van der Waals surface area (Å²) in [6, 6.07) is 6.76. The monoisotopic (exact) mass is 223 g/mol. The summed E-state index contributed by atoms with van der Waals surface area (Å²) < 4.78 is 0. The first-order chi connectivity index (χ1) is 7.63. The number of benzene rings is 1. The molecule has 0 bridgehead atoms. The molecule has 1 atom stereocenters. The number of carbonyl (C=O) groups excluding carboxylic acids is 1. The van der Waals surface area contributed by atoms with Gasteiger partial charge < -0.3 is 15.5 Å². The van der Waals surface area contributed by atoms with E-state index in [1.54, 1.807) is 31.2 Å². The van der Waals surface area contributed by atoms with Gasteiger partial charge in [-0.3, -0.25) is 4.79 Å². The second-order valence-electron chi connectivity index (χ2n) is 3.75. The van der Waals surface area contributed by atoms with Crippen molar-refractivity contribution in [3.63, 3.8) is 0 Å². The molecule has 1 aromatic rings. The molecule has 3 N–H and O–H groups in total. The number of rotatable bonds is 5. The van der Waals surface area contributed by atoms with Gasteiger partial charge in [0.2, 0.25) is 0 Å².